The molecule has 1 heterocycles. The third-order valence-electron chi connectivity index (χ3n) is 4.38. The first-order valence-electron chi connectivity index (χ1n) is 8.51. The van der Waals surface area contributed by atoms with Crippen LogP contribution in [-0.4, -0.2) is 37.8 Å². The summed E-state index contributed by atoms with van der Waals surface area (Å²) in [6.45, 7) is 4.56. The second-order valence-electron chi connectivity index (χ2n) is 6.48. The molecule has 2 rings (SSSR count). The van der Waals surface area contributed by atoms with E-state index in [0.717, 1.165) is 12.8 Å². The third kappa shape index (κ3) is 5.09. The van der Waals surface area contributed by atoms with Gasteiger partial charge in [0.2, 0.25) is 15.9 Å². The van der Waals surface area contributed by atoms with Crippen molar-refractivity contribution in [2.24, 2.45) is 5.92 Å². The molecule has 2 atom stereocenters. The Hall–Kier alpha value is -0.820. The smallest absolute Gasteiger partial charge is 0.244 e. The Morgan fingerprint density at radius 2 is 2.12 bits per heavy atom. The van der Waals surface area contributed by atoms with E-state index in [2.05, 4.69) is 12.2 Å². The van der Waals surface area contributed by atoms with Crippen LogP contribution in [0.25, 0.3) is 0 Å². The number of nitrogens with zero attached hydrogens (tertiary/aromatic N) is 1. The number of hydrogen-bond acceptors (Lipinski definition) is 3. The van der Waals surface area contributed by atoms with Crippen molar-refractivity contribution in [3.8, 4) is 0 Å². The monoisotopic (exact) mass is 406 g/mol. The average Bonchev–Trinajstić information content (AvgIpc) is 2.57. The molecule has 1 aromatic rings. The largest absolute Gasteiger partial charge is 0.353 e. The van der Waals surface area contributed by atoms with E-state index in [1.165, 1.54) is 16.4 Å². The van der Waals surface area contributed by atoms with E-state index in [1.807, 2.05) is 6.92 Å². The summed E-state index contributed by atoms with van der Waals surface area (Å²) in [7, 11) is -3.78. The van der Waals surface area contributed by atoms with Gasteiger partial charge in [-0.25, -0.2) is 8.42 Å². The molecule has 1 amide bonds. The van der Waals surface area contributed by atoms with Gasteiger partial charge in [0, 0.05) is 24.2 Å². The molecule has 8 heteroatoms. The SMILES string of the molecule is CCC[C@H](C)NC(=O)[C@H]1CCCN(S(=O)(=O)c2cc(Cl)ccc2Cl)C1. The summed E-state index contributed by atoms with van der Waals surface area (Å²) in [5.74, 6) is -0.432. The number of nitrogens with one attached hydrogen (secondary N) is 1. The summed E-state index contributed by atoms with van der Waals surface area (Å²) < 4.78 is 27.1. The lowest BCUT2D eigenvalue weighted by Gasteiger charge is -2.32. The zero-order valence-electron chi connectivity index (χ0n) is 14.5. The van der Waals surface area contributed by atoms with Gasteiger partial charge in [-0.2, -0.15) is 4.31 Å². The molecule has 0 unspecified atom stereocenters. The normalized spacial score (nSPS) is 20.2. The van der Waals surface area contributed by atoms with Crippen molar-refractivity contribution in [2.45, 2.75) is 50.5 Å². The summed E-state index contributed by atoms with van der Waals surface area (Å²) in [6, 6.07) is 4.46. The van der Waals surface area contributed by atoms with Crippen molar-refractivity contribution in [2.75, 3.05) is 13.1 Å². The van der Waals surface area contributed by atoms with Crippen LogP contribution in [0.15, 0.2) is 23.1 Å². The summed E-state index contributed by atoms with van der Waals surface area (Å²) >= 11 is 12.0. The van der Waals surface area contributed by atoms with Crippen molar-refractivity contribution in [3.05, 3.63) is 28.2 Å². The Morgan fingerprint density at radius 1 is 1.40 bits per heavy atom. The zero-order chi connectivity index (χ0) is 18.6. The van der Waals surface area contributed by atoms with Gasteiger partial charge < -0.3 is 5.32 Å². The highest BCUT2D eigenvalue weighted by Gasteiger charge is 2.34. The molecule has 140 valence electrons. The van der Waals surface area contributed by atoms with Gasteiger partial charge in [-0.05, 0) is 44.4 Å². The molecule has 1 saturated heterocycles. The minimum atomic E-state index is -3.78. The van der Waals surface area contributed by atoms with Crippen LogP contribution in [0.1, 0.15) is 39.5 Å². The predicted molar refractivity (Wildman–Crippen MR) is 100 cm³/mol. The number of halogens is 2. The van der Waals surface area contributed by atoms with Crippen molar-refractivity contribution in [3.63, 3.8) is 0 Å². The first-order chi connectivity index (χ1) is 11.8. The van der Waals surface area contributed by atoms with Crippen LogP contribution in [0.2, 0.25) is 10.0 Å². The van der Waals surface area contributed by atoms with Gasteiger partial charge in [0.05, 0.1) is 10.9 Å². The fraction of sp³-hybridized carbons (Fsp3) is 0.588. The molecule has 0 spiro atoms. The van der Waals surface area contributed by atoms with Crippen LogP contribution in [0.4, 0.5) is 0 Å². The minimum Gasteiger partial charge on any atom is -0.353 e. The molecular formula is C17H24Cl2N2O3S. The van der Waals surface area contributed by atoms with E-state index < -0.39 is 10.0 Å². The first-order valence-corrected chi connectivity index (χ1v) is 10.7. The van der Waals surface area contributed by atoms with E-state index >= 15 is 0 Å². The van der Waals surface area contributed by atoms with Crippen LogP contribution in [0, 0.1) is 5.92 Å². The Bertz CT molecular complexity index is 725. The molecule has 0 radical (unpaired) electrons. The summed E-state index contributed by atoms with van der Waals surface area (Å²) in [4.78, 5) is 12.4. The Morgan fingerprint density at radius 3 is 2.80 bits per heavy atom. The first kappa shape index (κ1) is 20.5. The lowest BCUT2D eigenvalue weighted by atomic mass is 9.98. The van der Waals surface area contributed by atoms with Gasteiger partial charge in [0.25, 0.3) is 0 Å². The van der Waals surface area contributed by atoms with E-state index in [-0.39, 0.29) is 34.3 Å². The summed E-state index contributed by atoms with van der Waals surface area (Å²) in [6.07, 6.45) is 3.20. The van der Waals surface area contributed by atoms with Gasteiger partial charge in [-0.3, -0.25) is 4.79 Å². The van der Waals surface area contributed by atoms with Crippen LogP contribution in [0.5, 0.6) is 0 Å². The quantitative estimate of drug-likeness (QED) is 0.782. The minimum absolute atomic E-state index is 0.0120. The highest BCUT2D eigenvalue weighted by Crippen LogP contribution is 2.30. The maximum Gasteiger partial charge on any atom is 0.244 e. The lowest BCUT2D eigenvalue weighted by molar-refractivity contribution is -0.126. The average molecular weight is 407 g/mol. The highest BCUT2D eigenvalue weighted by atomic mass is 35.5. The fourth-order valence-electron chi connectivity index (χ4n) is 3.05. The Labute approximate surface area is 159 Å². The molecular weight excluding hydrogens is 383 g/mol. The van der Waals surface area contributed by atoms with E-state index in [4.69, 9.17) is 23.2 Å². The molecule has 0 aliphatic carbocycles. The predicted octanol–water partition coefficient (Wildman–Crippen LogP) is 3.70. The third-order valence-corrected chi connectivity index (χ3v) is 6.96. The van der Waals surface area contributed by atoms with Crippen molar-refractivity contribution in [1.82, 2.24) is 9.62 Å². The number of carbonyl (C=O) groups is 1. The number of amides is 1. The molecule has 1 fully saturated rings. The second kappa shape index (κ2) is 8.71. The molecule has 1 aliphatic rings. The van der Waals surface area contributed by atoms with Crippen molar-refractivity contribution in [1.29, 1.82) is 0 Å². The van der Waals surface area contributed by atoms with Crippen molar-refractivity contribution < 1.29 is 13.2 Å². The fourth-order valence-corrected chi connectivity index (χ4v) is 5.32. The molecule has 1 N–H and O–H groups in total. The zero-order valence-corrected chi connectivity index (χ0v) is 16.8. The second-order valence-corrected chi connectivity index (χ2v) is 9.23. The lowest BCUT2D eigenvalue weighted by Crippen LogP contribution is -2.47. The van der Waals surface area contributed by atoms with E-state index in [9.17, 15) is 13.2 Å². The van der Waals surface area contributed by atoms with Crippen LogP contribution in [-0.2, 0) is 14.8 Å². The molecule has 25 heavy (non-hydrogen) atoms. The molecule has 1 aromatic carbocycles. The highest BCUT2D eigenvalue weighted by molar-refractivity contribution is 7.89. The molecule has 0 aromatic heterocycles. The standard InChI is InChI=1S/C17H24Cl2N2O3S/c1-3-5-12(2)20-17(22)13-6-4-9-21(11-13)25(23,24)16-10-14(18)7-8-15(16)19/h7-8,10,12-13H,3-6,9,11H2,1-2H3,(H,20,22)/t12-,13-/m0/s1. The van der Waals surface area contributed by atoms with Crippen LogP contribution in [0.3, 0.4) is 0 Å². The topological polar surface area (TPSA) is 66.5 Å². The Kier molecular flexibility index (Phi) is 7.14. The van der Waals surface area contributed by atoms with Gasteiger partial charge >= 0.3 is 0 Å². The van der Waals surface area contributed by atoms with Gasteiger partial charge in [-0.1, -0.05) is 36.5 Å². The molecule has 0 bridgehead atoms. The summed E-state index contributed by atoms with van der Waals surface area (Å²) in [5, 5.41) is 3.42. The van der Waals surface area contributed by atoms with Crippen molar-refractivity contribution >= 4 is 39.1 Å². The number of hydrogen-bond donors (Lipinski definition) is 1. The number of sulfonamides is 1. The maximum absolute atomic E-state index is 12.9. The number of rotatable bonds is 6. The van der Waals surface area contributed by atoms with Gasteiger partial charge in [0.1, 0.15) is 4.90 Å². The number of benzene rings is 1. The molecule has 1 aliphatic heterocycles. The van der Waals surface area contributed by atoms with Crippen LogP contribution < -0.4 is 5.32 Å². The Balaban J connectivity index is 2.14. The molecule has 5 nitrogen and oxygen atoms in total. The number of carbonyl (C=O) groups excluding carboxylic acids is 1. The molecule has 0 saturated carbocycles. The van der Waals surface area contributed by atoms with E-state index in [1.54, 1.807) is 6.07 Å². The van der Waals surface area contributed by atoms with Gasteiger partial charge in [0.15, 0.2) is 0 Å². The van der Waals surface area contributed by atoms with Crippen LogP contribution >= 0.6 is 23.2 Å². The van der Waals surface area contributed by atoms with Gasteiger partial charge in [-0.15, -0.1) is 0 Å². The van der Waals surface area contributed by atoms with E-state index in [0.29, 0.717) is 24.4 Å². The number of piperidine rings is 1. The summed E-state index contributed by atoms with van der Waals surface area (Å²) in [5.41, 5.74) is 0. The maximum atomic E-state index is 12.9.